The average molecular weight is 281 g/mol. The molecule has 3 aliphatic rings. The summed E-state index contributed by atoms with van der Waals surface area (Å²) in [5.74, 6) is 0.801. The van der Waals surface area contributed by atoms with E-state index in [1.807, 2.05) is 0 Å². The second-order valence-corrected chi connectivity index (χ2v) is 6.77. The molecule has 0 saturated carbocycles. The van der Waals surface area contributed by atoms with Crippen molar-refractivity contribution in [3.8, 4) is 0 Å². The Balaban J connectivity index is 1.29. The summed E-state index contributed by atoms with van der Waals surface area (Å²) in [5.41, 5.74) is 0. The summed E-state index contributed by atoms with van der Waals surface area (Å²) in [5, 5.41) is 0. The highest BCUT2D eigenvalue weighted by molar-refractivity contribution is 4.77. The number of nitrogens with zero attached hydrogens (tertiary/aromatic N) is 3. The van der Waals surface area contributed by atoms with Gasteiger partial charge in [-0.3, -0.25) is 4.90 Å². The van der Waals surface area contributed by atoms with Gasteiger partial charge in [0.1, 0.15) is 0 Å². The molecule has 0 aromatic rings. The third-order valence-electron chi connectivity index (χ3n) is 5.19. The lowest BCUT2D eigenvalue weighted by molar-refractivity contribution is 0.0988. The second kappa shape index (κ2) is 7.74. The molecule has 20 heavy (non-hydrogen) atoms. The van der Waals surface area contributed by atoms with Crippen LogP contribution in [0, 0.1) is 5.92 Å². The lowest BCUT2D eigenvalue weighted by Gasteiger charge is -2.37. The number of hydrogen-bond acceptors (Lipinski definition) is 4. The quantitative estimate of drug-likeness (QED) is 0.752. The SMILES string of the molecule is C1CCN(CCN2CCN(CC3CCOC3)CC2)CC1. The Morgan fingerprint density at radius 2 is 1.40 bits per heavy atom. The van der Waals surface area contributed by atoms with Crippen LogP contribution in [0.5, 0.6) is 0 Å². The van der Waals surface area contributed by atoms with E-state index in [1.165, 1.54) is 84.6 Å². The zero-order valence-electron chi connectivity index (χ0n) is 12.9. The first-order valence-corrected chi connectivity index (χ1v) is 8.65. The summed E-state index contributed by atoms with van der Waals surface area (Å²) in [4.78, 5) is 7.97. The maximum absolute atomic E-state index is 5.48. The van der Waals surface area contributed by atoms with Crippen LogP contribution in [0.25, 0.3) is 0 Å². The highest BCUT2D eigenvalue weighted by Gasteiger charge is 2.22. The van der Waals surface area contributed by atoms with E-state index in [1.54, 1.807) is 0 Å². The van der Waals surface area contributed by atoms with Gasteiger partial charge < -0.3 is 14.5 Å². The summed E-state index contributed by atoms with van der Waals surface area (Å²) in [6.07, 6.45) is 5.55. The first-order chi connectivity index (χ1) is 9.90. The third-order valence-corrected chi connectivity index (χ3v) is 5.19. The molecule has 4 nitrogen and oxygen atoms in total. The normalized spacial score (nSPS) is 30.9. The van der Waals surface area contributed by atoms with Gasteiger partial charge in [0.05, 0.1) is 6.61 Å². The smallest absolute Gasteiger partial charge is 0.0507 e. The van der Waals surface area contributed by atoms with Crippen LogP contribution in [0.15, 0.2) is 0 Å². The largest absolute Gasteiger partial charge is 0.381 e. The molecular weight excluding hydrogens is 250 g/mol. The van der Waals surface area contributed by atoms with Gasteiger partial charge in [0.2, 0.25) is 0 Å². The van der Waals surface area contributed by atoms with Crippen molar-refractivity contribution in [3.05, 3.63) is 0 Å². The van der Waals surface area contributed by atoms with Gasteiger partial charge in [-0.25, -0.2) is 0 Å². The number of hydrogen-bond donors (Lipinski definition) is 0. The topological polar surface area (TPSA) is 19.0 Å². The Bertz CT molecular complexity index is 267. The monoisotopic (exact) mass is 281 g/mol. The lowest BCUT2D eigenvalue weighted by atomic mass is 10.1. The predicted octanol–water partition coefficient (Wildman–Crippen LogP) is 1.13. The molecule has 0 aliphatic carbocycles. The van der Waals surface area contributed by atoms with Crippen molar-refractivity contribution in [3.63, 3.8) is 0 Å². The van der Waals surface area contributed by atoms with Gasteiger partial charge in [-0.15, -0.1) is 0 Å². The molecule has 0 aromatic carbocycles. The van der Waals surface area contributed by atoms with Gasteiger partial charge in [0.15, 0.2) is 0 Å². The Labute approximate surface area is 124 Å². The van der Waals surface area contributed by atoms with Crippen LogP contribution in [0.1, 0.15) is 25.7 Å². The zero-order chi connectivity index (χ0) is 13.6. The van der Waals surface area contributed by atoms with Gasteiger partial charge in [0, 0.05) is 52.4 Å². The Hall–Kier alpha value is -0.160. The van der Waals surface area contributed by atoms with Crippen molar-refractivity contribution >= 4 is 0 Å². The van der Waals surface area contributed by atoms with Crippen molar-refractivity contribution < 1.29 is 4.74 Å². The number of likely N-dealkylation sites (tertiary alicyclic amines) is 1. The van der Waals surface area contributed by atoms with Gasteiger partial charge >= 0.3 is 0 Å². The van der Waals surface area contributed by atoms with E-state index in [-0.39, 0.29) is 0 Å². The van der Waals surface area contributed by atoms with E-state index >= 15 is 0 Å². The van der Waals surface area contributed by atoms with Crippen LogP contribution in [0.3, 0.4) is 0 Å². The number of piperazine rings is 1. The molecule has 1 unspecified atom stereocenters. The van der Waals surface area contributed by atoms with Crippen molar-refractivity contribution in [1.29, 1.82) is 0 Å². The fourth-order valence-electron chi connectivity index (χ4n) is 3.75. The molecule has 0 amide bonds. The Morgan fingerprint density at radius 1 is 0.750 bits per heavy atom. The van der Waals surface area contributed by atoms with E-state index in [2.05, 4.69) is 14.7 Å². The molecule has 3 heterocycles. The summed E-state index contributed by atoms with van der Waals surface area (Å²) in [6, 6.07) is 0. The molecule has 0 radical (unpaired) electrons. The minimum absolute atomic E-state index is 0.801. The minimum Gasteiger partial charge on any atom is -0.381 e. The fourth-order valence-corrected chi connectivity index (χ4v) is 3.75. The Morgan fingerprint density at radius 3 is 2.05 bits per heavy atom. The molecule has 1 atom stereocenters. The van der Waals surface area contributed by atoms with E-state index in [0.29, 0.717) is 0 Å². The van der Waals surface area contributed by atoms with Crippen LogP contribution >= 0.6 is 0 Å². The van der Waals surface area contributed by atoms with E-state index in [9.17, 15) is 0 Å². The highest BCUT2D eigenvalue weighted by atomic mass is 16.5. The molecule has 0 aromatic heterocycles. The first kappa shape index (κ1) is 14.8. The van der Waals surface area contributed by atoms with Crippen molar-refractivity contribution in [1.82, 2.24) is 14.7 Å². The number of ether oxygens (including phenoxy) is 1. The highest BCUT2D eigenvalue weighted by Crippen LogP contribution is 2.15. The maximum atomic E-state index is 5.48. The standard InChI is InChI=1S/C16H31N3O/c1-2-5-17(6-3-1)7-8-18-9-11-19(12-10-18)14-16-4-13-20-15-16/h16H,1-15H2. The van der Waals surface area contributed by atoms with Crippen molar-refractivity contribution in [2.45, 2.75) is 25.7 Å². The molecule has 116 valence electrons. The molecule has 4 heteroatoms. The van der Waals surface area contributed by atoms with Gasteiger partial charge in [-0.1, -0.05) is 6.42 Å². The molecular formula is C16H31N3O. The Kier molecular flexibility index (Phi) is 5.71. The summed E-state index contributed by atoms with van der Waals surface area (Å²) < 4.78 is 5.48. The summed E-state index contributed by atoms with van der Waals surface area (Å²) >= 11 is 0. The maximum Gasteiger partial charge on any atom is 0.0507 e. The molecule has 3 fully saturated rings. The minimum atomic E-state index is 0.801. The molecule has 0 spiro atoms. The predicted molar refractivity (Wildman–Crippen MR) is 82.1 cm³/mol. The van der Waals surface area contributed by atoms with Crippen LogP contribution in [-0.4, -0.2) is 86.8 Å². The second-order valence-electron chi connectivity index (χ2n) is 6.77. The zero-order valence-corrected chi connectivity index (χ0v) is 12.9. The van der Waals surface area contributed by atoms with Crippen molar-refractivity contribution in [2.24, 2.45) is 5.92 Å². The molecule has 0 N–H and O–H groups in total. The van der Waals surface area contributed by atoms with E-state index < -0.39 is 0 Å². The molecule has 3 rings (SSSR count). The van der Waals surface area contributed by atoms with E-state index in [4.69, 9.17) is 4.74 Å². The summed E-state index contributed by atoms with van der Waals surface area (Å²) in [6.45, 7) is 13.5. The number of piperidine rings is 1. The van der Waals surface area contributed by atoms with Crippen LogP contribution in [0.2, 0.25) is 0 Å². The van der Waals surface area contributed by atoms with Crippen molar-refractivity contribution in [2.75, 3.05) is 72.1 Å². The summed E-state index contributed by atoms with van der Waals surface area (Å²) in [7, 11) is 0. The molecule has 3 saturated heterocycles. The van der Waals surface area contributed by atoms with E-state index in [0.717, 1.165) is 19.1 Å². The number of rotatable bonds is 5. The van der Waals surface area contributed by atoms with Gasteiger partial charge in [0.25, 0.3) is 0 Å². The molecule has 0 bridgehead atoms. The molecule has 3 aliphatic heterocycles. The first-order valence-electron chi connectivity index (χ1n) is 8.65. The average Bonchev–Trinajstić information content (AvgIpc) is 3.01. The van der Waals surface area contributed by atoms with Crippen LogP contribution in [0.4, 0.5) is 0 Å². The van der Waals surface area contributed by atoms with Crippen LogP contribution in [-0.2, 0) is 4.74 Å². The van der Waals surface area contributed by atoms with Crippen LogP contribution < -0.4 is 0 Å². The lowest BCUT2D eigenvalue weighted by Crippen LogP contribution is -2.49. The van der Waals surface area contributed by atoms with Gasteiger partial charge in [-0.2, -0.15) is 0 Å². The van der Waals surface area contributed by atoms with Gasteiger partial charge in [-0.05, 0) is 38.3 Å². The third kappa shape index (κ3) is 4.42. The fraction of sp³-hybridized carbons (Fsp3) is 1.00.